The quantitative estimate of drug-likeness (QED) is 0.756. The summed E-state index contributed by atoms with van der Waals surface area (Å²) in [5.74, 6) is 0.0526. The van der Waals surface area contributed by atoms with Gasteiger partial charge in [-0.15, -0.1) is 0 Å². The molecule has 0 aliphatic carbocycles. The second-order valence-electron chi connectivity index (χ2n) is 4.08. The lowest BCUT2D eigenvalue weighted by atomic mass is 10.2. The van der Waals surface area contributed by atoms with E-state index in [9.17, 15) is 4.79 Å². The molecule has 84 valence electrons. The van der Waals surface area contributed by atoms with E-state index in [1.165, 1.54) is 0 Å². The van der Waals surface area contributed by atoms with Gasteiger partial charge in [-0.1, -0.05) is 30.3 Å². The second-order valence-corrected chi connectivity index (χ2v) is 4.08. The van der Waals surface area contributed by atoms with Gasteiger partial charge in [-0.25, -0.2) is 0 Å². The highest BCUT2D eigenvalue weighted by atomic mass is 16.2. The molecule has 0 bridgehead atoms. The van der Waals surface area contributed by atoms with Gasteiger partial charge in [0.2, 0.25) is 5.91 Å². The van der Waals surface area contributed by atoms with Crippen LogP contribution in [0.3, 0.4) is 0 Å². The van der Waals surface area contributed by atoms with Gasteiger partial charge in [0.1, 0.15) is 0 Å². The number of hydrogen-bond donors (Lipinski definition) is 1. The zero-order chi connectivity index (χ0) is 11.4. The van der Waals surface area contributed by atoms with E-state index in [1.54, 1.807) is 11.0 Å². The zero-order valence-corrected chi connectivity index (χ0v) is 9.17. The molecule has 0 saturated carbocycles. The van der Waals surface area contributed by atoms with Crippen LogP contribution in [0, 0.1) is 0 Å². The molecule has 1 aliphatic heterocycles. The number of nitrogens with two attached hydrogens (primary N) is 1. The molecule has 1 saturated heterocycles. The molecule has 2 rings (SSSR count). The summed E-state index contributed by atoms with van der Waals surface area (Å²) >= 11 is 0. The lowest BCUT2D eigenvalue weighted by molar-refractivity contribution is -0.124. The zero-order valence-electron chi connectivity index (χ0n) is 9.17. The normalized spacial score (nSPS) is 20.6. The van der Waals surface area contributed by atoms with Gasteiger partial charge in [0.05, 0.1) is 0 Å². The molecule has 0 aromatic heterocycles. The first-order valence-electron chi connectivity index (χ1n) is 5.53. The van der Waals surface area contributed by atoms with Gasteiger partial charge in [-0.2, -0.15) is 0 Å². The summed E-state index contributed by atoms with van der Waals surface area (Å²) in [5, 5.41) is 0. The minimum atomic E-state index is 0.0526. The van der Waals surface area contributed by atoms with Crippen molar-refractivity contribution in [2.24, 2.45) is 5.73 Å². The van der Waals surface area contributed by atoms with Gasteiger partial charge in [0.15, 0.2) is 0 Å². The lowest BCUT2D eigenvalue weighted by Gasteiger charge is -2.12. The Labute approximate surface area is 95.6 Å². The molecule has 1 unspecified atom stereocenters. The van der Waals surface area contributed by atoms with Crippen LogP contribution in [0.1, 0.15) is 12.0 Å². The number of carbonyl (C=O) groups excluding carboxylic acids is 1. The van der Waals surface area contributed by atoms with E-state index in [0.717, 1.165) is 18.5 Å². The van der Waals surface area contributed by atoms with Gasteiger partial charge in [-0.3, -0.25) is 4.79 Å². The SMILES string of the molecule is NC1CCN(C(=O)/C=C/c2ccccc2)C1. The lowest BCUT2D eigenvalue weighted by Crippen LogP contribution is -2.30. The number of rotatable bonds is 2. The fraction of sp³-hybridized carbons (Fsp3) is 0.308. The Morgan fingerprint density at radius 1 is 1.38 bits per heavy atom. The Morgan fingerprint density at radius 3 is 2.75 bits per heavy atom. The van der Waals surface area contributed by atoms with Gasteiger partial charge in [0.25, 0.3) is 0 Å². The molecule has 0 spiro atoms. The van der Waals surface area contributed by atoms with Crippen LogP contribution in [0.25, 0.3) is 6.08 Å². The van der Waals surface area contributed by atoms with Crippen LogP contribution in [-0.4, -0.2) is 29.9 Å². The first-order valence-corrected chi connectivity index (χ1v) is 5.53. The summed E-state index contributed by atoms with van der Waals surface area (Å²) in [6.07, 6.45) is 4.37. The minimum absolute atomic E-state index is 0.0526. The van der Waals surface area contributed by atoms with Crippen LogP contribution < -0.4 is 5.73 Å². The van der Waals surface area contributed by atoms with Crippen molar-refractivity contribution in [3.63, 3.8) is 0 Å². The number of nitrogens with zero attached hydrogens (tertiary/aromatic N) is 1. The van der Waals surface area contributed by atoms with Crippen molar-refractivity contribution >= 4 is 12.0 Å². The van der Waals surface area contributed by atoms with Gasteiger partial charge >= 0.3 is 0 Å². The molecule has 3 heteroatoms. The smallest absolute Gasteiger partial charge is 0.246 e. The van der Waals surface area contributed by atoms with Crippen LogP contribution in [-0.2, 0) is 4.79 Å². The van der Waals surface area contributed by atoms with Gasteiger partial charge < -0.3 is 10.6 Å². The third-order valence-electron chi connectivity index (χ3n) is 2.75. The highest BCUT2D eigenvalue weighted by molar-refractivity contribution is 5.91. The molecular weight excluding hydrogens is 200 g/mol. The highest BCUT2D eigenvalue weighted by Gasteiger charge is 2.21. The summed E-state index contributed by atoms with van der Waals surface area (Å²) in [4.78, 5) is 13.5. The third kappa shape index (κ3) is 2.70. The number of likely N-dealkylation sites (tertiary alicyclic amines) is 1. The van der Waals surface area contributed by atoms with E-state index in [1.807, 2.05) is 36.4 Å². The summed E-state index contributed by atoms with van der Waals surface area (Å²) < 4.78 is 0. The van der Waals surface area contributed by atoms with Crippen molar-refractivity contribution in [1.29, 1.82) is 0 Å². The standard InChI is InChI=1S/C13H16N2O/c14-12-8-9-15(10-12)13(16)7-6-11-4-2-1-3-5-11/h1-7,12H,8-10,14H2/b7-6+. The fourth-order valence-electron chi connectivity index (χ4n) is 1.82. The summed E-state index contributed by atoms with van der Waals surface area (Å²) in [5.41, 5.74) is 6.79. The maximum atomic E-state index is 11.7. The highest BCUT2D eigenvalue weighted by Crippen LogP contribution is 2.08. The van der Waals surface area contributed by atoms with Crippen molar-refractivity contribution in [3.8, 4) is 0 Å². The Bertz CT molecular complexity index is 386. The molecule has 1 atom stereocenters. The second kappa shape index (κ2) is 4.94. The Morgan fingerprint density at radius 2 is 2.12 bits per heavy atom. The molecule has 0 radical (unpaired) electrons. The number of amides is 1. The molecule has 1 amide bonds. The van der Waals surface area contributed by atoms with Crippen molar-refractivity contribution < 1.29 is 4.79 Å². The van der Waals surface area contributed by atoms with Crippen molar-refractivity contribution in [2.75, 3.05) is 13.1 Å². The molecule has 1 aromatic rings. The van der Waals surface area contributed by atoms with E-state index >= 15 is 0 Å². The number of carbonyl (C=O) groups is 1. The van der Waals surface area contributed by atoms with Crippen LogP contribution in [0.2, 0.25) is 0 Å². The first-order chi connectivity index (χ1) is 7.75. The van der Waals surface area contributed by atoms with Gasteiger partial charge in [-0.05, 0) is 18.1 Å². The van der Waals surface area contributed by atoms with Crippen LogP contribution in [0.5, 0.6) is 0 Å². The molecule has 1 heterocycles. The predicted octanol–water partition coefficient (Wildman–Crippen LogP) is 1.26. The maximum absolute atomic E-state index is 11.7. The van der Waals surface area contributed by atoms with E-state index in [0.29, 0.717) is 6.54 Å². The largest absolute Gasteiger partial charge is 0.338 e. The fourth-order valence-corrected chi connectivity index (χ4v) is 1.82. The van der Waals surface area contributed by atoms with E-state index < -0.39 is 0 Å². The van der Waals surface area contributed by atoms with Crippen molar-refractivity contribution in [3.05, 3.63) is 42.0 Å². The molecule has 2 N–H and O–H groups in total. The monoisotopic (exact) mass is 216 g/mol. The van der Waals surface area contributed by atoms with E-state index in [4.69, 9.17) is 5.73 Å². The van der Waals surface area contributed by atoms with Crippen LogP contribution in [0.4, 0.5) is 0 Å². The first kappa shape index (κ1) is 10.9. The van der Waals surface area contributed by atoms with Crippen LogP contribution >= 0.6 is 0 Å². The summed E-state index contributed by atoms with van der Waals surface area (Å²) in [6, 6.07) is 9.96. The average molecular weight is 216 g/mol. The van der Waals surface area contributed by atoms with Crippen molar-refractivity contribution in [1.82, 2.24) is 4.90 Å². The predicted molar refractivity (Wildman–Crippen MR) is 64.6 cm³/mol. The molecule has 1 fully saturated rings. The minimum Gasteiger partial charge on any atom is -0.338 e. The topological polar surface area (TPSA) is 46.3 Å². The summed E-state index contributed by atoms with van der Waals surface area (Å²) in [7, 11) is 0. The number of hydrogen-bond acceptors (Lipinski definition) is 2. The number of benzene rings is 1. The molecule has 1 aromatic carbocycles. The van der Waals surface area contributed by atoms with E-state index in [-0.39, 0.29) is 11.9 Å². The van der Waals surface area contributed by atoms with Crippen molar-refractivity contribution in [2.45, 2.75) is 12.5 Å². The average Bonchev–Trinajstić information content (AvgIpc) is 2.74. The van der Waals surface area contributed by atoms with E-state index in [2.05, 4.69) is 0 Å². The van der Waals surface area contributed by atoms with Crippen LogP contribution in [0.15, 0.2) is 36.4 Å². The molecule has 1 aliphatic rings. The Balaban J connectivity index is 1.95. The molecular formula is C13H16N2O. The maximum Gasteiger partial charge on any atom is 0.246 e. The molecule has 3 nitrogen and oxygen atoms in total. The summed E-state index contributed by atoms with van der Waals surface area (Å²) in [6.45, 7) is 1.46. The Hall–Kier alpha value is -1.61. The third-order valence-corrected chi connectivity index (χ3v) is 2.75. The van der Waals surface area contributed by atoms with Gasteiger partial charge in [0, 0.05) is 25.2 Å². The molecule has 16 heavy (non-hydrogen) atoms. The Kier molecular flexibility index (Phi) is 3.37.